The second kappa shape index (κ2) is 43.6. The number of methoxy groups -OCH3 is 1. The molecule has 1 fully saturated rings. The van der Waals surface area contributed by atoms with Gasteiger partial charge in [-0.1, -0.05) is 130 Å². The molecule has 8 aromatic rings. The molecule has 1 aliphatic carbocycles. The second-order valence-electron chi connectivity index (χ2n) is 28.9. The molecule has 20 heteroatoms. The van der Waals surface area contributed by atoms with Gasteiger partial charge in [-0.05, 0) is 250 Å². The maximum atomic E-state index is 12.1. The van der Waals surface area contributed by atoms with Crippen LogP contribution >= 0.6 is 11.6 Å². The van der Waals surface area contributed by atoms with Crippen LogP contribution in [0.4, 0.5) is 34.1 Å². The number of carbonyl (C=O) groups excluding carboxylic acids is 12. The lowest BCUT2D eigenvalue weighted by molar-refractivity contribution is -0.131. The third-order valence-electron chi connectivity index (χ3n) is 17.7. The number of hydrogen-bond donors (Lipinski definition) is 6. The van der Waals surface area contributed by atoms with E-state index in [9.17, 15) is 57.5 Å². The number of nitrogens with one attached hydrogen (secondary N) is 6. The minimum atomic E-state index is -0.473. The van der Waals surface area contributed by atoms with Crippen LogP contribution in [-0.2, 0) is 47.9 Å². The number of halogens is 1. The van der Waals surface area contributed by atoms with Crippen molar-refractivity contribution in [2.75, 3.05) is 39.0 Å². The van der Waals surface area contributed by atoms with E-state index in [0.717, 1.165) is 114 Å². The summed E-state index contributed by atoms with van der Waals surface area (Å²) in [6, 6.07) is 48.4. The first-order chi connectivity index (χ1) is 51.6. The molecule has 1 saturated carbocycles. The lowest BCUT2D eigenvalue weighted by Gasteiger charge is -2.16. The van der Waals surface area contributed by atoms with E-state index in [-0.39, 0.29) is 114 Å². The number of hydrogen-bond acceptors (Lipinski definition) is 13. The molecule has 0 radical (unpaired) electrons. The molecule has 0 bridgehead atoms. The molecule has 1 aliphatic rings. The largest absolute Gasteiger partial charge is 0.497 e. The highest BCUT2D eigenvalue weighted by molar-refractivity contribution is 6.31. The van der Waals surface area contributed by atoms with Gasteiger partial charge in [0.25, 0.3) is 0 Å². The molecule has 110 heavy (non-hydrogen) atoms. The minimum absolute atomic E-state index is 0.00121. The number of carbonyl (C=O) groups is 12. The van der Waals surface area contributed by atoms with E-state index in [1.165, 1.54) is 13.8 Å². The SMILES string of the molecule is CC(=O)CC(=O)Nc1cc(C)c(Cl)cc1C.CC(=O)CC(=O)Nc1cc(C)ccc1C.CCC1(C(=O)CC(=O)Nc2cc(C)ccc2C)CC1.COc1ccc(C(=O)CC(=O)Nc2cc(C)ccc2C)cc1.Cc1ccc(C)c(NC(=O)CC(=O)C(C)(C)C)c1.Cc1ccc(C)c(NC(=O)CC(=O)c2ccccc2)c1. The Morgan fingerprint density at radius 3 is 0.964 bits per heavy atom. The quantitative estimate of drug-likeness (QED) is 0.0257. The van der Waals surface area contributed by atoms with Crippen LogP contribution in [0.15, 0.2) is 158 Å². The molecule has 0 spiro atoms. The van der Waals surface area contributed by atoms with Crippen LogP contribution in [0.2, 0.25) is 5.02 Å². The Kier molecular flexibility index (Phi) is 36.1. The number of rotatable bonds is 23. The maximum absolute atomic E-state index is 12.1. The molecule has 8 aromatic carbocycles. The molecular formula is C90H107ClN6O13. The lowest BCUT2D eigenvalue weighted by atomic mass is 9.89. The number of benzene rings is 8. The molecule has 0 saturated heterocycles. The Morgan fingerprint density at radius 1 is 0.364 bits per heavy atom. The number of amides is 6. The fourth-order valence-electron chi connectivity index (χ4n) is 10.5. The van der Waals surface area contributed by atoms with Crippen LogP contribution in [0, 0.1) is 93.9 Å². The van der Waals surface area contributed by atoms with Crippen molar-refractivity contribution in [1.29, 1.82) is 0 Å². The first kappa shape index (κ1) is 91.1. The summed E-state index contributed by atoms with van der Waals surface area (Å²) in [5, 5.41) is 17.3. The zero-order valence-corrected chi connectivity index (χ0v) is 67.8. The van der Waals surface area contributed by atoms with Crippen LogP contribution in [0.5, 0.6) is 5.75 Å². The average Bonchev–Trinajstić information content (AvgIpc) is 1.64. The van der Waals surface area contributed by atoms with E-state index < -0.39 is 5.41 Å². The van der Waals surface area contributed by atoms with Crippen LogP contribution < -0.4 is 36.6 Å². The highest BCUT2D eigenvalue weighted by Gasteiger charge is 2.47. The van der Waals surface area contributed by atoms with Crippen LogP contribution in [-0.4, -0.2) is 77.3 Å². The van der Waals surface area contributed by atoms with Gasteiger partial charge >= 0.3 is 0 Å². The summed E-state index contributed by atoms with van der Waals surface area (Å²) in [5.41, 5.74) is 17.1. The molecule has 9 rings (SSSR count). The average molecular weight is 1520 g/mol. The van der Waals surface area contributed by atoms with Gasteiger partial charge in [0.15, 0.2) is 11.6 Å². The summed E-state index contributed by atoms with van der Waals surface area (Å²) in [6.07, 6.45) is 2.18. The fraction of sp³-hybridized carbons (Fsp3) is 0.333. The van der Waals surface area contributed by atoms with Crippen molar-refractivity contribution >= 4 is 116 Å². The second-order valence-corrected chi connectivity index (χ2v) is 29.3. The molecule has 0 atom stereocenters. The summed E-state index contributed by atoms with van der Waals surface area (Å²) >= 11 is 5.94. The van der Waals surface area contributed by atoms with E-state index in [1.807, 2.05) is 208 Å². The van der Waals surface area contributed by atoms with Gasteiger partial charge < -0.3 is 36.6 Å². The van der Waals surface area contributed by atoms with Crippen molar-refractivity contribution in [3.05, 3.63) is 241 Å². The van der Waals surface area contributed by atoms with Gasteiger partial charge in [0.2, 0.25) is 35.4 Å². The van der Waals surface area contributed by atoms with E-state index in [2.05, 4.69) is 31.9 Å². The van der Waals surface area contributed by atoms with Crippen molar-refractivity contribution in [3.63, 3.8) is 0 Å². The smallest absolute Gasteiger partial charge is 0.232 e. The van der Waals surface area contributed by atoms with Crippen molar-refractivity contribution in [3.8, 4) is 5.75 Å². The Balaban J connectivity index is 0.000000280. The highest BCUT2D eigenvalue weighted by atomic mass is 35.5. The van der Waals surface area contributed by atoms with E-state index in [4.69, 9.17) is 16.3 Å². The van der Waals surface area contributed by atoms with Crippen molar-refractivity contribution in [2.45, 2.75) is 182 Å². The normalized spacial score (nSPS) is 11.2. The molecule has 582 valence electrons. The zero-order valence-electron chi connectivity index (χ0n) is 67.1. The Labute approximate surface area is 653 Å². The van der Waals surface area contributed by atoms with Crippen LogP contribution in [0.3, 0.4) is 0 Å². The Hall–Kier alpha value is -11.3. The third kappa shape index (κ3) is 32.2. The number of ether oxygens (including phenoxy) is 1. The molecule has 6 amide bonds. The van der Waals surface area contributed by atoms with Gasteiger partial charge in [-0.15, -0.1) is 0 Å². The van der Waals surface area contributed by atoms with Gasteiger partial charge in [-0.25, -0.2) is 0 Å². The van der Waals surface area contributed by atoms with Crippen molar-refractivity contribution in [2.24, 2.45) is 10.8 Å². The first-order valence-corrected chi connectivity index (χ1v) is 36.7. The Morgan fingerprint density at radius 2 is 0.664 bits per heavy atom. The van der Waals surface area contributed by atoms with Crippen LogP contribution in [0.1, 0.15) is 187 Å². The summed E-state index contributed by atoms with van der Waals surface area (Å²) in [7, 11) is 1.56. The predicted octanol–water partition coefficient (Wildman–Crippen LogP) is 18.8. The Bertz CT molecular complexity index is 4650. The maximum Gasteiger partial charge on any atom is 0.232 e. The fourth-order valence-corrected chi connectivity index (χ4v) is 10.7. The molecule has 6 N–H and O–H groups in total. The predicted molar refractivity (Wildman–Crippen MR) is 441 cm³/mol. The summed E-state index contributed by atoms with van der Waals surface area (Å²) in [6.45, 7) is 33.5. The molecule has 19 nitrogen and oxygen atoms in total. The molecule has 0 aliphatic heterocycles. The number of Topliss-reactive ketones (excluding diaryl/α,β-unsaturated/α-hetero) is 6. The first-order valence-electron chi connectivity index (χ1n) is 36.3. The topological polar surface area (TPSA) is 286 Å². The number of aryl methyl sites for hydroxylation is 12. The monoisotopic (exact) mass is 1510 g/mol. The van der Waals surface area contributed by atoms with Crippen molar-refractivity contribution in [1.82, 2.24) is 0 Å². The zero-order chi connectivity index (χ0) is 82.3. The van der Waals surface area contributed by atoms with Gasteiger partial charge in [-0.2, -0.15) is 0 Å². The lowest BCUT2D eigenvalue weighted by Crippen LogP contribution is -2.26. The summed E-state index contributed by atoms with van der Waals surface area (Å²) < 4.78 is 5.04. The minimum Gasteiger partial charge on any atom is -0.497 e. The third-order valence-corrected chi connectivity index (χ3v) is 18.1. The standard InChI is InChI=1S/C18H19NO3.C17H17NO2.C16H21NO2.C15H21NO2.C12H14ClNO2.C12H15NO2/c1-12-4-5-13(2)16(10-12)19-18(21)11-17(20)14-6-8-15(22-3)9-7-14;1-12-8-9-13(2)15(10-12)18-17(20)11-16(19)14-6-4-3-5-7-14;1-4-16(7-8-16)14(18)10-15(19)17-13-9-11(2)5-6-12(13)3;1-10-6-7-11(2)12(8-10)16-14(18)9-13(17)15(3,4)5;1-7-5-11(8(2)4-10(7)13)14-12(16)6-9(3)15;1-8-4-5-9(2)11(6-8)13-12(15)7-10(3)14/h4-10H,11H2,1-3H3,(H,19,21);3-10H,11H2,1-2H3,(H,18,20);5-6,9H,4,7-8,10H2,1-3H3,(H,17,19);6-8H,9H2,1-5H3,(H,16,18);4-5H,6H2,1-3H3,(H,14,16);4-6H,7H2,1-3H3,(H,13,15). The van der Waals surface area contributed by atoms with Crippen LogP contribution in [0.25, 0.3) is 0 Å². The molecule has 0 unspecified atom stereocenters. The molecule has 0 heterocycles. The van der Waals surface area contributed by atoms with Gasteiger partial charge in [0.05, 0.1) is 45.6 Å². The van der Waals surface area contributed by atoms with E-state index in [1.54, 1.807) is 67.8 Å². The van der Waals surface area contributed by atoms with Gasteiger partial charge in [-0.3, -0.25) is 57.5 Å². The van der Waals surface area contributed by atoms with E-state index >= 15 is 0 Å². The highest BCUT2D eigenvalue weighted by Crippen LogP contribution is 2.50. The van der Waals surface area contributed by atoms with Crippen molar-refractivity contribution < 1.29 is 62.3 Å². The molecule has 0 aromatic heterocycles. The number of ketones is 6. The summed E-state index contributed by atoms with van der Waals surface area (Å²) in [5.74, 6) is -1.53. The summed E-state index contributed by atoms with van der Waals surface area (Å²) in [4.78, 5) is 140. The molecular weight excluding hydrogens is 1410 g/mol. The van der Waals surface area contributed by atoms with Gasteiger partial charge in [0, 0.05) is 61.1 Å². The van der Waals surface area contributed by atoms with Gasteiger partial charge in [0.1, 0.15) is 28.9 Å². The number of anilines is 6. The van der Waals surface area contributed by atoms with E-state index in [0.29, 0.717) is 27.6 Å².